The third kappa shape index (κ3) is 4.00. The lowest BCUT2D eigenvalue weighted by Gasteiger charge is -2.35. The molecule has 2 N–H and O–H groups in total. The van der Waals surface area contributed by atoms with Gasteiger partial charge >= 0.3 is 0 Å². The molecule has 0 heterocycles. The lowest BCUT2D eigenvalue weighted by molar-refractivity contribution is -0.121. The Labute approximate surface area is 123 Å². The first-order valence-electron chi connectivity index (χ1n) is 7.37. The molecule has 116 valence electrons. The second-order valence-electron chi connectivity index (χ2n) is 5.87. The number of carbonyl (C=O) groups is 1. The Bertz CT molecular complexity index is 479. The standard InChI is InChI=1S/C16H21F2NO2/c17-13-5-4-6-14(18)12(13)9-15(21)19-10-16(11-20)7-2-1-3-8-16/h4-6,20H,1-3,7-11H2,(H,19,21). The fraction of sp³-hybridized carbons (Fsp3) is 0.562. The highest BCUT2D eigenvalue weighted by atomic mass is 19.1. The van der Waals surface area contributed by atoms with Crippen LogP contribution in [0.3, 0.4) is 0 Å². The Morgan fingerprint density at radius 1 is 1.19 bits per heavy atom. The highest BCUT2D eigenvalue weighted by Gasteiger charge is 2.31. The lowest BCUT2D eigenvalue weighted by atomic mass is 9.74. The first-order chi connectivity index (χ1) is 10.1. The molecule has 5 heteroatoms. The van der Waals surface area contributed by atoms with Gasteiger partial charge in [-0.1, -0.05) is 25.3 Å². The van der Waals surface area contributed by atoms with Crippen LogP contribution in [0.15, 0.2) is 18.2 Å². The molecule has 0 spiro atoms. The summed E-state index contributed by atoms with van der Waals surface area (Å²) in [5, 5.41) is 12.3. The normalized spacial score (nSPS) is 17.5. The van der Waals surface area contributed by atoms with E-state index < -0.39 is 17.5 Å². The number of benzene rings is 1. The third-order valence-electron chi connectivity index (χ3n) is 4.31. The van der Waals surface area contributed by atoms with Crippen molar-refractivity contribution in [3.8, 4) is 0 Å². The van der Waals surface area contributed by atoms with E-state index in [0.29, 0.717) is 6.54 Å². The maximum absolute atomic E-state index is 13.5. The van der Waals surface area contributed by atoms with E-state index in [0.717, 1.165) is 44.2 Å². The highest BCUT2D eigenvalue weighted by molar-refractivity contribution is 5.78. The van der Waals surface area contributed by atoms with Crippen molar-refractivity contribution in [2.45, 2.75) is 38.5 Å². The zero-order valence-corrected chi connectivity index (χ0v) is 12.0. The van der Waals surface area contributed by atoms with E-state index in [1.165, 1.54) is 6.07 Å². The van der Waals surface area contributed by atoms with Gasteiger partial charge in [0.1, 0.15) is 11.6 Å². The van der Waals surface area contributed by atoms with Crippen molar-refractivity contribution in [1.82, 2.24) is 5.32 Å². The summed E-state index contributed by atoms with van der Waals surface area (Å²) in [6.07, 6.45) is 4.66. The van der Waals surface area contributed by atoms with Gasteiger partial charge in [0.2, 0.25) is 5.91 Å². The Morgan fingerprint density at radius 3 is 2.38 bits per heavy atom. The van der Waals surface area contributed by atoms with Gasteiger partial charge in [-0.3, -0.25) is 4.79 Å². The Morgan fingerprint density at radius 2 is 1.81 bits per heavy atom. The van der Waals surface area contributed by atoms with Crippen LogP contribution in [0.2, 0.25) is 0 Å². The number of amides is 1. The zero-order valence-electron chi connectivity index (χ0n) is 12.0. The molecule has 1 aromatic carbocycles. The van der Waals surface area contributed by atoms with Gasteiger partial charge in [-0.2, -0.15) is 0 Å². The molecule has 1 saturated carbocycles. The summed E-state index contributed by atoms with van der Waals surface area (Å²) in [7, 11) is 0. The van der Waals surface area contributed by atoms with Gasteiger partial charge in [0, 0.05) is 17.5 Å². The van der Waals surface area contributed by atoms with Crippen molar-refractivity contribution >= 4 is 5.91 Å². The average Bonchev–Trinajstić information content (AvgIpc) is 2.50. The predicted molar refractivity (Wildman–Crippen MR) is 75.7 cm³/mol. The number of hydrogen-bond acceptors (Lipinski definition) is 2. The van der Waals surface area contributed by atoms with Gasteiger partial charge in [0.15, 0.2) is 0 Å². The monoisotopic (exact) mass is 297 g/mol. The fourth-order valence-corrected chi connectivity index (χ4v) is 2.90. The first-order valence-corrected chi connectivity index (χ1v) is 7.37. The van der Waals surface area contributed by atoms with Crippen LogP contribution in [-0.2, 0) is 11.2 Å². The van der Waals surface area contributed by atoms with Gasteiger partial charge in [-0.25, -0.2) is 8.78 Å². The molecule has 1 amide bonds. The number of nitrogens with one attached hydrogen (secondary N) is 1. The predicted octanol–water partition coefficient (Wildman–Crippen LogP) is 2.57. The van der Waals surface area contributed by atoms with E-state index in [-0.39, 0.29) is 24.0 Å². The Hall–Kier alpha value is -1.49. The van der Waals surface area contributed by atoms with Gasteiger partial charge in [-0.15, -0.1) is 0 Å². The molecule has 1 aliphatic rings. The summed E-state index contributed by atoms with van der Waals surface area (Å²) in [6, 6.07) is 3.55. The van der Waals surface area contributed by atoms with Crippen molar-refractivity contribution in [3.63, 3.8) is 0 Å². The highest BCUT2D eigenvalue weighted by Crippen LogP contribution is 2.35. The van der Waals surface area contributed by atoms with E-state index in [2.05, 4.69) is 5.32 Å². The molecule has 21 heavy (non-hydrogen) atoms. The number of aliphatic hydroxyl groups is 1. The van der Waals surface area contributed by atoms with Crippen LogP contribution in [0.5, 0.6) is 0 Å². The van der Waals surface area contributed by atoms with Crippen LogP contribution in [0.4, 0.5) is 8.78 Å². The van der Waals surface area contributed by atoms with E-state index in [1.807, 2.05) is 0 Å². The Balaban J connectivity index is 1.93. The van der Waals surface area contributed by atoms with Gasteiger partial charge in [0.05, 0.1) is 13.0 Å². The van der Waals surface area contributed by atoms with Crippen molar-refractivity contribution < 1.29 is 18.7 Å². The second-order valence-corrected chi connectivity index (χ2v) is 5.87. The molecule has 0 aliphatic heterocycles. The number of halogens is 2. The molecule has 0 saturated heterocycles. The lowest BCUT2D eigenvalue weighted by Crippen LogP contribution is -2.42. The van der Waals surface area contributed by atoms with E-state index in [1.54, 1.807) is 0 Å². The first kappa shape index (κ1) is 15.9. The number of rotatable bonds is 5. The number of aliphatic hydroxyl groups excluding tert-OH is 1. The van der Waals surface area contributed by atoms with Crippen LogP contribution in [0, 0.1) is 17.0 Å². The fourth-order valence-electron chi connectivity index (χ4n) is 2.90. The zero-order chi connectivity index (χ0) is 15.3. The minimum Gasteiger partial charge on any atom is -0.396 e. The molecule has 0 radical (unpaired) electrons. The minimum absolute atomic E-state index is 0.0291. The Kier molecular flexibility index (Phi) is 5.28. The summed E-state index contributed by atoms with van der Waals surface area (Å²) >= 11 is 0. The molecule has 0 atom stereocenters. The van der Waals surface area contributed by atoms with Crippen molar-refractivity contribution in [3.05, 3.63) is 35.4 Å². The average molecular weight is 297 g/mol. The molecule has 1 fully saturated rings. The largest absolute Gasteiger partial charge is 0.396 e. The summed E-state index contributed by atoms with van der Waals surface area (Å²) < 4.78 is 27.0. The van der Waals surface area contributed by atoms with Crippen LogP contribution in [0.25, 0.3) is 0 Å². The van der Waals surface area contributed by atoms with Gasteiger partial charge in [0.25, 0.3) is 0 Å². The van der Waals surface area contributed by atoms with Crippen LogP contribution < -0.4 is 5.32 Å². The van der Waals surface area contributed by atoms with Gasteiger partial charge < -0.3 is 10.4 Å². The van der Waals surface area contributed by atoms with Crippen molar-refractivity contribution in [2.24, 2.45) is 5.41 Å². The summed E-state index contributed by atoms with van der Waals surface area (Å²) in [4.78, 5) is 11.9. The molecular weight excluding hydrogens is 276 g/mol. The van der Waals surface area contributed by atoms with Crippen LogP contribution in [0.1, 0.15) is 37.7 Å². The molecule has 1 aromatic rings. The topological polar surface area (TPSA) is 49.3 Å². The number of hydrogen-bond donors (Lipinski definition) is 2. The summed E-state index contributed by atoms with van der Waals surface area (Å²) in [5.74, 6) is -1.84. The van der Waals surface area contributed by atoms with E-state index in [4.69, 9.17) is 0 Å². The van der Waals surface area contributed by atoms with E-state index in [9.17, 15) is 18.7 Å². The van der Waals surface area contributed by atoms with Crippen LogP contribution in [-0.4, -0.2) is 24.2 Å². The quantitative estimate of drug-likeness (QED) is 0.877. The van der Waals surface area contributed by atoms with Crippen LogP contribution >= 0.6 is 0 Å². The molecule has 0 unspecified atom stereocenters. The third-order valence-corrected chi connectivity index (χ3v) is 4.31. The molecular formula is C16H21F2NO2. The molecule has 0 aromatic heterocycles. The SMILES string of the molecule is O=C(Cc1c(F)cccc1F)NCC1(CO)CCCCC1. The maximum Gasteiger partial charge on any atom is 0.224 e. The van der Waals surface area contributed by atoms with Gasteiger partial charge in [-0.05, 0) is 25.0 Å². The molecule has 2 rings (SSSR count). The molecule has 3 nitrogen and oxygen atoms in total. The maximum atomic E-state index is 13.5. The van der Waals surface area contributed by atoms with Crippen molar-refractivity contribution in [1.29, 1.82) is 0 Å². The van der Waals surface area contributed by atoms with E-state index >= 15 is 0 Å². The summed E-state index contributed by atoms with van der Waals surface area (Å²) in [5.41, 5.74) is -0.487. The second kappa shape index (κ2) is 6.98. The summed E-state index contributed by atoms with van der Waals surface area (Å²) in [6.45, 7) is 0.389. The molecule has 0 bridgehead atoms. The molecule has 1 aliphatic carbocycles. The van der Waals surface area contributed by atoms with Crippen molar-refractivity contribution in [2.75, 3.05) is 13.2 Å². The minimum atomic E-state index is -0.709. The number of carbonyl (C=O) groups excluding carboxylic acids is 1. The smallest absolute Gasteiger partial charge is 0.224 e.